The van der Waals surface area contributed by atoms with Gasteiger partial charge in [-0.3, -0.25) is 9.53 Å². The van der Waals surface area contributed by atoms with Crippen LogP contribution >= 0.6 is 0 Å². The molecule has 1 aromatic carbocycles. The number of amides is 1. The Morgan fingerprint density at radius 1 is 0.969 bits per heavy atom. The van der Waals surface area contributed by atoms with Crippen LogP contribution in [-0.2, 0) is 15.4 Å². The first-order chi connectivity index (χ1) is 14.1. The third-order valence-electron chi connectivity index (χ3n) is 3.68. The van der Waals surface area contributed by atoms with Gasteiger partial charge < -0.3 is 15.4 Å². The van der Waals surface area contributed by atoms with Crippen LogP contribution in [0.5, 0.6) is 0 Å². The molecule has 32 heavy (non-hydrogen) atoms. The molecule has 3 N–H and O–H groups in total. The zero-order valence-corrected chi connectivity index (χ0v) is 15.4. The molecular formula is C15H11BF11NO4. The van der Waals surface area contributed by atoms with E-state index in [1.807, 2.05) is 0 Å². The van der Waals surface area contributed by atoms with E-state index in [-0.39, 0.29) is 18.2 Å². The molecule has 0 radical (unpaired) electrons. The number of anilines is 1. The zero-order chi connectivity index (χ0) is 25.5. The molecule has 0 heterocycles. The van der Waals surface area contributed by atoms with Crippen LogP contribution in [0.2, 0.25) is 0 Å². The normalized spacial score (nSPS) is 15.2. The molecule has 1 amide bonds. The monoisotopic (exact) mass is 489 g/mol. The second-order valence-electron chi connectivity index (χ2n) is 6.20. The van der Waals surface area contributed by atoms with Crippen LogP contribution in [-0.4, -0.2) is 47.5 Å². The highest BCUT2D eigenvalue weighted by Gasteiger charge is 2.78. The molecule has 1 unspecified atom stereocenters. The number of carbonyl (C=O) groups is 1. The highest BCUT2D eigenvalue weighted by atomic mass is 19.4. The fourth-order valence-corrected chi connectivity index (χ4v) is 2.01. The lowest BCUT2D eigenvalue weighted by Gasteiger charge is -2.36. The van der Waals surface area contributed by atoms with Crippen molar-refractivity contribution in [1.82, 2.24) is 0 Å². The summed E-state index contributed by atoms with van der Waals surface area (Å²) in [5.74, 6) is -14.7. The van der Waals surface area contributed by atoms with Crippen LogP contribution in [0.15, 0.2) is 30.4 Å². The third kappa shape index (κ3) is 5.15. The molecule has 0 bridgehead atoms. The highest BCUT2D eigenvalue weighted by molar-refractivity contribution is 6.58. The van der Waals surface area contributed by atoms with Crippen molar-refractivity contribution in [2.75, 3.05) is 5.32 Å². The molecule has 1 atom stereocenters. The van der Waals surface area contributed by atoms with E-state index in [2.05, 4.69) is 11.3 Å². The maximum Gasteiger partial charge on any atom is 0.488 e. The second-order valence-corrected chi connectivity index (χ2v) is 6.20. The molecular weight excluding hydrogens is 478 g/mol. The molecule has 0 aliphatic rings. The molecule has 0 aliphatic heterocycles. The van der Waals surface area contributed by atoms with Crippen molar-refractivity contribution >= 4 is 24.2 Å². The van der Waals surface area contributed by atoms with Gasteiger partial charge in [0.2, 0.25) is 0 Å². The Morgan fingerprint density at radius 3 is 1.84 bits per heavy atom. The number of halogens is 11. The van der Waals surface area contributed by atoms with Crippen molar-refractivity contribution in [2.24, 2.45) is 0 Å². The minimum atomic E-state index is -7.27. The number of ether oxygens (including phenoxy) is 1. The Labute approximate surface area is 171 Å². The standard InChI is InChI=1S/C15H11BF11NO4/c1-6(2)10(29)28-9-5-7(16(30)31)3-4-8(9)11(17,13(20,21)22)32-15(26,27)12(18,19)14(23,24)25/h3-5,30-31H,1H2,2H3,(H,28,29). The summed E-state index contributed by atoms with van der Waals surface area (Å²) in [6.07, 6.45) is -21.0. The molecule has 0 saturated carbocycles. The van der Waals surface area contributed by atoms with E-state index in [1.165, 1.54) is 5.32 Å². The van der Waals surface area contributed by atoms with Gasteiger partial charge in [-0.25, -0.2) is 0 Å². The summed E-state index contributed by atoms with van der Waals surface area (Å²) in [5.41, 5.74) is -4.91. The van der Waals surface area contributed by atoms with Gasteiger partial charge in [0.15, 0.2) is 0 Å². The Kier molecular flexibility index (Phi) is 7.35. The highest BCUT2D eigenvalue weighted by Crippen LogP contribution is 2.54. The Hall–Kier alpha value is -2.40. The first-order valence-electron chi connectivity index (χ1n) is 7.84. The van der Waals surface area contributed by atoms with E-state index < -0.39 is 65.6 Å². The molecule has 5 nitrogen and oxygen atoms in total. The van der Waals surface area contributed by atoms with Crippen LogP contribution in [0, 0.1) is 0 Å². The average Bonchev–Trinajstić information content (AvgIpc) is 2.58. The zero-order valence-electron chi connectivity index (χ0n) is 15.4. The predicted molar refractivity (Wildman–Crippen MR) is 85.6 cm³/mol. The first kappa shape index (κ1) is 27.6. The molecule has 0 aromatic heterocycles. The molecule has 1 aromatic rings. The summed E-state index contributed by atoms with van der Waals surface area (Å²) in [4.78, 5) is 11.7. The Morgan fingerprint density at radius 2 is 1.47 bits per heavy atom. The fourth-order valence-electron chi connectivity index (χ4n) is 2.01. The van der Waals surface area contributed by atoms with Gasteiger partial charge in [-0.05, 0) is 18.5 Å². The van der Waals surface area contributed by atoms with Crippen molar-refractivity contribution in [3.05, 3.63) is 35.9 Å². The number of alkyl halides is 11. The van der Waals surface area contributed by atoms with Crippen molar-refractivity contribution in [3.8, 4) is 0 Å². The predicted octanol–water partition coefficient (Wildman–Crippen LogP) is 3.37. The second kappa shape index (κ2) is 8.51. The summed E-state index contributed by atoms with van der Waals surface area (Å²) in [5, 5.41) is 19.6. The van der Waals surface area contributed by atoms with Crippen LogP contribution in [0.3, 0.4) is 0 Å². The molecule has 0 saturated heterocycles. The quantitative estimate of drug-likeness (QED) is 0.312. The molecule has 1 rings (SSSR count). The summed E-state index contributed by atoms with van der Waals surface area (Å²) in [6.45, 7) is 4.04. The number of rotatable bonds is 7. The van der Waals surface area contributed by atoms with Crippen LogP contribution in [0.4, 0.5) is 54.0 Å². The van der Waals surface area contributed by atoms with Gasteiger partial charge in [-0.2, -0.15) is 48.3 Å². The molecule has 0 aliphatic carbocycles. The van der Waals surface area contributed by atoms with Crippen molar-refractivity contribution < 1.29 is 67.9 Å². The van der Waals surface area contributed by atoms with Crippen molar-refractivity contribution in [1.29, 1.82) is 0 Å². The van der Waals surface area contributed by atoms with Gasteiger partial charge in [-0.1, -0.05) is 18.7 Å². The first-order valence-corrected chi connectivity index (χ1v) is 7.84. The van der Waals surface area contributed by atoms with Gasteiger partial charge >= 0.3 is 37.4 Å². The lowest BCUT2D eigenvalue weighted by molar-refractivity contribution is -0.488. The largest absolute Gasteiger partial charge is 0.488 e. The topological polar surface area (TPSA) is 78.8 Å². The van der Waals surface area contributed by atoms with E-state index >= 15 is 0 Å². The Balaban J connectivity index is 3.79. The van der Waals surface area contributed by atoms with E-state index in [0.29, 0.717) is 0 Å². The van der Waals surface area contributed by atoms with Gasteiger partial charge in [0.1, 0.15) is 0 Å². The maximum atomic E-state index is 14.9. The lowest BCUT2D eigenvalue weighted by atomic mass is 9.79. The van der Waals surface area contributed by atoms with E-state index in [0.717, 1.165) is 6.92 Å². The molecule has 0 fully saturated rings. The van der Waals surface area contributed by atoms with Crippen LogP contribution in [0.25, 0.3) is 0 Å². The SMILES string of the molecule is C=C(C)C(=O)Nc1cc(B(O)O)ccc1C(F)(OC(F)(F)C(F)(F)C(F)(F)F)C(F)(F)F. The third-order valence-corrected chi connectivity index (χ3v) is 3.68. The van der Waals surface area contributed by atoms with Crippen molar-refractivity contribution in [3.63, 3.8) is 0 Å². The average molecular weight is 489 g/mol. The van der Waals surface area contributed by atoms with Crippen molar-refractivity contribution in [2.45, 2.75) is 37.2 Å². The number of carbonyl (C=O) groups excluding carboxylic acids is 1. The smallest absolute Gasteiger partial charge is 0.423 e. The summed E-state index contributed by atoms with van der Waals surface area (Å²) in [7, 11) is -2.47. The fraction of sp³-hybridized carbons (Fsp3) is 0.400. The number of hydrogen-bond donors (Lipinski definition) is 3. The summed E-state index contributed by atoms with van der Waals surface area (Å²) in [6, 6.07) is 0.322. The number of benzene rings is 1. The van der Waals surface area contributed by atoms with E-state index in [9.17, 15) is 53.1 Å². The summed E-state index contributed by atoms with van der Waals surface area (Å²) < 4.78 is 147. The molecule has 0 spiro atoms. The molecule has 180 valence electrons. The summed E-state index contributed by atoms with van der Waals surface area (Å²) >= 11 is 0. The Bertz CT molecular complexity index is 885. The van der Waals surface area contributed by atoms with Crippen LogP contribution in [0.1, 0.15) is 12.5 Å². The van der Waals surface area contributed by atoms with Gasteiger partial charge in [0.25, 0.3) is 5.91 Å². The van der Waals surface area contributed by atoms with E-state index in [4.69, 9.17) is 10.0 Å². The minimum Gasteiger partial charge on any atom is -0.423 e. The van der Waals surface area contributed by atoms with Gasteiger partial charge in [-0.15, -0.1) is 0 Å². The van der Waals surface area contributed by atoms with Gasteiger partial charge in [0, 0.05) is 16.8 Å². The number of hydrogen-bond acceptors (Lipinski definition) is 4. The lowest BCUT2D eigenvalue weighted by Crippen LogP contribution is -2.58. The number of nitrogens with one attached hydrogen (secondary N) is 1. The van der Waals surface area contributed by atoms with Crippen LogP contribution < -0.4 is 10.8 Å². The van der Waals surface area contributed by atoms with Gasteiger partial charge in [0.05, 0.1) is 0 Å². The molecule has 17 heteroatoms. The minimum absolute atomic E-state index is 0.141. The van der Waals surface area contributed by atoms with E-state index in [1.54, 1.807) is 0 Å². The maximum absolute atomic E-state index is 14.9.